The molecule has 0 radical (unpaired) electrons. The summed E-state index contributed by atoms with van der Waals surface area (Å²) in [5.74, 6) is -1.30. The van der Waals surface area contributed by atoms with Gasteiger partial charge in [-0.1, -0.05) is 12.1 Å². The van der Waals surface area contributed by atoms with Gasteiger partial charge in [-0.2, -0.15) is 0 Å². The average Bonchev–Trinajstić information content (AvgIpc) is 2.68. The summed E-state index contributed by atoms with van der Waals surface area (Å²) in [5, 5.41) is 10.4. The Hall–Kier alpha value is -1.62. The van der Waals surface area contributed by atoms with Crippen LogP contribution >= 0.6 is 11.3 Å². The van der Waals surface area contributed by atoms with E-state index in [0.717, 1.165) is 0 Å². The molecule has 1 N–H and O–H groups in total. The molecule has 1 aromatic rings. The zero-order chi connectivity index (χ0) is 11.3. The van der Waals surface area contributed by atoms with Gasteiger partial charge in [0, 0.05) is 6.54 Å². The quantitative estimate of drug-likeness (QED) is 0.772. The van der Waals surface area contributed by atoms with E-state index in [1.807, 2.05) is 0 Å². The zero-order valence-electron chi connectivity index (χ0n) is 8.05. The first-order valence-corrected chi connectivity index (χ1v) is 5.18. The summed E-state index contributed by atoms with van der Waals surface area (Å²) in [6.45, 7) is 3.42. The molecule has 0 saturated heterocycles. The number of carbonyl (C=O) groups excluding carboxylic acids is 1. The molecule has 1 rings (SSSR count). The van der Waals surface area contributed by atoms with Crippen LogP contribution in [-0.2, 0) is 4.79 Å². The molecule has 0 bridgehead atoms. The fourth-order valence-corrected chi connectivity index (χ4v) is 1.79. The lowest BCUT2D eigenvalue weighted by Gasteiger charge is -2.17. The first-order chi connectivity index (χ1) is 7.15. The van der Waals surface area contributed by atoms with Gasteiger partial charge in [-0.25, -0.2) is 0 Å². The molecule has 1 amide bonds. The molecule has 0 saturated carbocycles. The molecule has 1 aromatic heterocycles. The Labute approximate surface area is 91.4 Å². The molecule has 1 heterocycles. The van der Waals surface area contributed by atoms with E-state index >= 15 is 0 Å². The van der Waals surface area contributed by atoms with Crippen LogP contribution < -0.4 is 0 Å². The van der Waals surface area contributed by atoms with Gasteiger partial charge in [0.2, 0.25) is 0 Å². The standard InChI is InChI=1S/C10H11NO3S/c1-2-5-11(7-9(12)13)10(14)8-4-3-6-15-8/h2-4,6H,1,5,7H2,(H,12,13). The number of rotatable bonds is 5. The van der Waals surface area contributed by atoms with Crippen molar-refractivity contribution in [2.24, 2.45) is 0 Å². The van der Waals surface area contributed by atoms with Crippen molar-refractivity contribution in [1.82, 2.24) is 4.90 Å². The summed E-state index contributed by atoms with van der Waals surface area (Å²) in [4.78, 5) is 24.1. The fraction of sp³-hybridized carbons (Fsp3) is 0.200. The molecule has 0 aliphatic carbocycles. The van der Waals surface area contributed by atoms with Gasteiger partial charge in [-0.3, -0.25) is 9.59 Å². The Balaban J connectivity index is 2.75. The molecule has 0 aliphatic rings. The second-order valence-electron chi connectivity index (χ2n) is 2.85. The maximum atomic E-state index is 11.8. The van der Waals surface area contributed by atoms with Crippen LogP contribution in [0.25, 0.3) is 0 Å². The largest absolute Gasteiger partial charge is 0.480 e. The monoisotopic (exact) mass is 225 g/mol. The summed E-state index contributed by atoms with van der Waals surface area (Å²) in [7, 11) is 0. The minimum Gasteiger partial charge on any atom is -0.480 e. The summed E-state index contributed by atoms with van der Waals surface area (Å²) in [6, 6.07) is 3.43. The first-order valence-electron chi connectivity index (χ1n) is 4.30. The molecule has 0 unspecified atom stereocenters. The third kappa shape index (κ3) is 3.21. The maximum Gasteiger partial charge on any atom is 0.323 e. The van der Waals surface area contributed by atoms with Crippen LogP contribution in [0.3, 0.4) is 0 Å². The Morgan fingerprint density at radius 1 is 1.60 bits per heavy atom. The number of carboxylic acid groups (broad SMARTS) is 1. The normalized spacial score (nSPS) is 9.60. The van der Waals surface area contributed by atoms with E-state index in [1.165, 1.54) is 22.3 Å². The average molecular weight is 225 g/mol. The summed E-state index contributed by atoms with van der Waals surface area (Å²) in [6.07, 6.45) is 1.51. The fourth-order valence-electron chi connectivity index (χ4n) is 1.09. The lowest BCUT2D eigenvalue weighted by Crippen LogP contribution is -2.35. The topological polar surface area (TPSA) is 57.6 Å². The SMILES string of the molecule is C=CCN(CC(=O)O)C(=O)c1cccs1. The predicted molar refractivity (Wildman–Crippen MR) is 58.1 cm³/mol. The van der Waals surface area contributed by atoms with E-state index in [1.54, 1.807) is 17.5 Å². The number of thiophene rings is 1. The van der Waals surface area contributed by atoms with Gasteiger partial charge in [-0.05, 0) is 11.4 Å². The van der Waals surface area contributed by atoms with E-state index in [4.69, 9.17) is 5.11 Å². The van der Waals surface area contributed by atoms with Gasteiger partial charge in [0.1, 0.15) is 6.54 Å². The molecule has 0 spiro atoms. The highest BCUT2D eigenvalue weighted by Crippen LogP contribution is 2.11. The van der Waals surface area contributed by atoms with Gasteiger partial charge in [0.15, 0.2) is 0 Å². The van der Waals surface area contributed by atoms with Crippen molar-refractivity contribution in [3.63, 3.8) is 0 Å². The van der Waals surface area contributed by atoms with Gasteiger partial charge in [0.05, 0.1) is 4.88 Å². The van der Waals surface area contributed by atoms with Crippen LogP contribution in [0.1, 0.15) is 9.67 Å². The Morgan fingerprint density at radius 2 is 2.33 bits per heavy atom. The second-order valence-corrected chi connectivity index (χ2v) is 3.79. The zero-order valence-corrected chi connectivity index (χ0v) is 8.87. The maximum absolute atomic E-state index is 11.8. The molecule has 0 aliphatic heterocycles. The minimum atomic E-state index is -1.03. The van der Waals surface area contributed by atoms with Crippen LogP contribution in [0.5, 0.6) is 0 Å². The third-order valence-electron chi connectivity index (χ3n) is 1.69. The minimum absolute atomic E-state index is 0.239. The summed E-state index contributed by atoms with van der Waals surface area (Å²) >= 11 is 1.29. The molecule has 5 heteroatoms. The number of hydrogen-bond acceptors (Lipinski definition) is 3. The summed E-state index contributed by atoms with van der Waals surface area (Å²) < 4.78 is 0. The molecule has 0 aromatic carbocycles. The number of carboxylic acids is 1. The predicted octanol–water partition coefficient (Wildman–Crippen LogP) is 1.46. The number of hydrogen-bond donors (Lipinski definition) is 1. The van der Waals surface area contributed by atoms with Crippen LogP contribution in [-0.4, -0.2) is 35.0 Å². The Kier molecular flexibility index (Phi) is 4.05. The summed E-state index contributed by atoms with van der Waals surface area (Å²) in [5.41, 5.74) is 0. The number of amides is 1. The van der Waals surface area contributed by atoms with E-state index in [0.29, 0.717) is 4.88 Å². The molecular formula is C10H11NO3S. The Morgan fingerprint density at radius 3 is 2.80 bits per heavy atom. The van der Waals surface area contributed by atoms with Crippen LogP contribution in [0.2, 0.25) is 0 Å². The van der Waals surface area contributed by atoms with Crippen molar-refractivity contribution in [1.29, 1.82) is 0 Å². The second kappa shape index (κ2) is 5.31. The van der Waals surface area contributed by atoms with Crippen molar-refractivity contribution in [2.75, 3.05) is 13.1 Å². The number of aliphatic carboxylic acids is 1. The molecule has 80 valence electrons. The van der Waals surface area contributed by atoms with E-state index in [9.17, 15) is 9.59 Å². The Bertz CT molecular complexity index is 359. The van der Waals surface area contributed by atoms with Gasteiger partial charge in [0.25, 0.3) is 5.91 Å². The third-order valence-corrected chi connectivity index (χ3v) is 2.55. The first kappa shape index (κ1) is 11.5. The van der Waals surface area contributed by atoms with E-state index in [-0.39, 0.29) is 19.0 Å². The molecule has 0 fully saturated rings. The van der Waals surface area contributed by atoms with Gasteiger partial charge in [-0.15, -0.1) is 17.9 Å². The van der Waals surface area contributed by atoms with E-state index in [2.05, 4.69) is 6.58 Å². The van der Waals surface area contributed by atoms with Crippen molar-refractivity contribution in [2.45, 2.75) is 0 Å². The lowest BCUT2D eigenvalue weighted by atomic mass is 10.3. The van der Waals surface area contributed by atoms with Gasteiger partial charge >= 0.3 is 5.97 Å². The van der Waals surface area contributed by atoms with E-state index < -0.39 is 5.97 Å². The van der Waals surface area contributed by atoms with Crippen LogP contribution in [0.4, 0.5) is 0 Å². The highest BCUT2D eigenvalue weighted by Gasteiger charge is 2.17. The lowest BCUT2D eigenvalue weighted by molar-refractivity contribution is -0.137. The highest BCUT2D eigenvalue weighted by molar-refractivity contribution is 7.12. The number of carbonyl (C=O) groups is 2. The van der Waals surface area contributed by atoms with Crippen molar-refractivity contribution in [3.05, 3.63) is 35.0 Å². The van der Waals surface area contributed by atoms with Crippen LogP contribution in [0, 0.1) is 0 Å². The smallest absolute Gasteiger partial charge is 0.323 e. The molecular weight excluding hydrogens is 214 g/mol. The van der Waals surface area contributed by atoms with Crippen molar-refractivity contribution < 1.29 is 14.7 Å². The molecule has 4 nitrogen and oxygen atoms in total. The highest BCUT2D eigenvalue weighted by atomic mass is 32.1. The molecule has 15 heavy (non-hydrogen) atoms. The number of nitrogens with zero attached hydrogens (tertiary/aromatic N) is 1. The van der Waals surface area contributed by atoms with Gasteiger partial charge < -0.3 is 10.0 Å². The van der Waals surface area contributed by atoms with Crippen molar-refractivity contribution >= 4 is 23.2 Å². The molecule has 0 atom stereocenters. The van der Waals surface area contributed by atoms with Crippen molar-refractivity contribution in [3.8, 4) is 0 Å². The van der Waals surface area contributed by atoms with Crippen LogP contribution in [0.15, 0.2) is 30.2 Å².